The molecule has 2 aliphatic rings. The predicted molar refractivity (Wildman–Crippen MR) is 82.3 cm³/mol. The van der Waals surface area contributed by atoms with E-state index in [0.717, 1.165) is 31.1 Å². The van der Waals surface area contributed by atoms with Gasteiger partial charge >= 0.3 is 0 Å². The number of benzene rings is 1. The van der Waals surface area contributed by atoms with E-state index < -0.39 is 0 Å². The van der Waals surface area contributed by atoms with E-state index in [4.69, 9.17) is 16.3 Å². The summed E-state index contributed by atoms with van der Waals surface area (Å²) >= 11 is 5.93. The molecule has 0 spiro atoms. The van der Waals surface area contributed by atoms with Crippen LogP contribution in [0.25, 0.3) is 0 Å². The van der Waals surface area contributed by atoms with Crippen molar-refractivity contribution in [3.63, 3.8) is 0 Å². The Hall–Kier alpha value is -1.10. The fraction of sp³-hybridized carbons (Fsp3) is 0.562. The zero-order valence-electron chi connectivity index (χ0n) is 12.3. The first-order valence-corrected chi connectivity index (χ1v) is 7.87. The molecule has 114 valence electrons. The minimum Gasteiger partial charge on any atom is -0.374 e. The van der Waals surface area contributed by atoms with Crippen LogP contribution in [0.5, 0.6) is 0 Å². The van der Waals surface area contributed by atoms with Crippen molar-refractivity contribution in [1.29, 1.82) is 0 Å². The van der Waals surface area contributed by atoms with Crippen molar-refractivity contribution >= 4 is 17.5 Å². The number of piperidine rings is 1. The first kappa shape index (κ1) is 14.8. The standard InChI is InChI=1S/C16H21ClN2O2/c1-12(20)19-8-9-21-16-6-7-18(11-15(16)19)10-13-2-4-14(17)5-3-13/h2-5,15-16H,6-11H2,1H3/t15-,16-/m0/s1. The SMILES string of the molecule is CC(=O)N1CCO[C@H]2CCN(Cc3ccc(Cl)cc3)C[C@@H]21. The number of amides is 1. The average Bonchev–Trinajstić information content (AvgIpc) is 2.49. The highest BCUT2D eigenvalue weighted by Crippen LogP contribution is 2.24. The third-order valence-electron chi connectivity index (χ3n) is 4.39. The fourth-order valence-corrected chi connectivity index (χ4v) is 3.45. The van der Waals surface area contributed by atoms with Crippen molar-refractivity contribution in [3.8, 4) is 0 Å². The molecular formula is C16H21ClN2O2. The number of morpholine rings is 1. The summed E-state index contributed by atoms with van der Waals surface area (Å²) in [5, 5.41) is 0.765. The minimum atomic E-state index is 0.154. The molecule has 2 saturated heterocycles. The second-order valence-electron chi connectivity index (χ2n) is 5.84. The van der Waals surface area contributed by atoms with Crippen LogP contribution >= 0.6 is 11.6 Å². The van der Waals surface area contributed by atoms with Gasteiger partial charge in [0, 0.05) is 38.1 Å². The van der Waals surface area contributed by atoms with Gasteiger partial charge in [-0.15, -0.1) is 0 Å². The zero-order valence-corrected chi connectivity index (χ0v) is 13.1. The largest absolute Gasteiger partial charge is 0.374 e. The second-order valence-corrected chi connectivity index (χ2v) is 6.28. The van der Waals surface area contributed by atoms with Gasteiger partial charge in [-0.25, -0.2) is 0 Å². The molecular weight excluding hydrogens is 288 g/mol. The van der Waals surface area contributed by atoms with Gasteiger partial charge in [-0.05, 0) is 24.1 Å². The smallest absolute Gasteiger partial charge is 0.219 e. The van der Waals surface area contributed by atoms with Gasteiger partial charge in [-0.2, -0.15) is 0 Å². The van der Waals surface area contributed by atoms with Crippen LogP contribution in [0, 0.1) is 0 Å². The first-order chi connectivity index (χ1) is 10.1. The van der Waals surface area contributed by atoms with E-state index in [-0.39, 0.29) is 18.1 Å². The van der Waals surface area contributed by atoms with Crippen LogP contribution in [0.3, 0.4) is 0 Å². The number of hydrogen-bond acceptors (Lipinski definition) is 3. The Bertz CT molecular complexity index is 506. The molecule has 2 fully saturated rings. The third kappa shape index (κ3) is 3.39. The number of halogens is 1. The van der Waals surface area contributed by atoms with Gasteiger partial charge in [0.15, 0.2) is 0 Å². The van der Waals surface area contributed by atoms with Crippen LogP contribution < -0.4 is 0 Å². The lowest BCUT2D eigenvalue weighted by atomic mass is 9.98. The molecule has 2 heterocycles. The van der Waals surface area contributed by atoms with Gasteiger partial charge in [0.05, 0.1) is 18.8 Å². The number of fused-ring (bicyclic) bond motifs is 1. The van der Waals surface area contributed by atoms with Gasteiger partial charge in [0.25, 0.3) is 0 Å². The molecule has 4 nitrogen and oxygen atoms in total. The van der Waals surface area contributed by atoms with Gasteiger partial charge in [-0.3, -0.25) is 9.69 Å². The maximum atomic E-state index is 11.8. The minimum absolute atomic E-state index is 0.154. The summed E-state index contributed by atoms with van der Waals surface area (Å²) in [6, 6.07) is 8.17. The van der Waals surface area contributed by atoms with E-state index in [1.165, 1.54) is 5.56 Å². The highest BCUT2D eigenvalue weighted by Gasteiger charge is 2.38. The maximum absolute atomic E-state index is 11.8. The monoisotopic (exact) mass is 308 g/mol. The quantitative estimate of drug-likeness (QED) is 0.839. The molecule has 0 radical (unpaired) electrons. The van der Waals surface area contributed by atoms with E-state index >= 15 is 0 Å². The molecule has 0 bridgehead atoms. The molecule has 21 heavy (non-hydrogen) atoms. The number of ether oxygens (including phenoxy) is 1. The summed E-state index contributed by atoms with van der Waals surface area (Å²) in [6.45, 7) is 5.82. The number of hydrogen-bond donors (Lipinski definition) is 0. The average molecular weight is 309 g/mol. The Kier molecular flexibility index (Phi) is 4.48. The number of likely N-dealkylation sites (tertiary alicyclic amines) is 1. The van der Waals surface area contributed by atoms with Crippen LogP contribution in [0.15, 0.2) is 24.3 Å². The Balaban J connectivity index is 1.66. The number of carbonyl (C=O) groups is 1. The molecule has 0 aromatic heterocycles. The predicted octanol–water partition coefficient (Wildman–Crippen LogP) is 2.16. The van der Waals surface area contributed by atoms with Gasteiger partial charge in [-0.1, -0.05) is 23.7 Å². The zero-order chi connectivity index (χ0) is 14.8. The molecule has 0 aliphatic carbocycles. The summed E-state index contributed by atoms with van der Waals surface area (Å²) < 4.78 is 5.84. The summed E-state index contributed by atoms with van der Waals surface area (Å²) in [4.78, 5) is 16.2. The van der Waals surface area contributed by atoms with E-state index in [2.05, 4.69) is 17.0 Å². The second kappa shape index (κ2) is 6.34. The molecule has 0 saturated carbocycles. The molecule has 5 heteroatoms. The molecule has 0 N–H and O–H groups in total. The van der Waals surface area contributed by atoms with E-state index in [0.29, 0.717) is 13.2 Å². The molecule has 1 aromatic carbocycles. The van der Waals surface area contributed by atoms with Gasteiger partial charge in [0.1, 0.15) is 0 Å². The number of carbonyl (C=O) groups excluding carboxylic acids is 1. The Labute approximate surface area is 130 Å². The van der Waals surface area contributed by atoms with Gasteiger partial charge < -0.3 is 9.64 Å². The Morgan fingerprint density at radius 1 is 1.33 bits per heavy atom. The first-order valence-electron chi connectivity index (χ1n) is 7.49. The lowest BCUT2D eigenvalue weighted by Gasteiger charge is -2.46. The van der Waals surface area contributed by atoms with Crippen LogP contribution in [0.2, 0.25) is 5.02 Å². The summed E-state index contributed by atoms with van der Waals surface area (Å²) in [6.07, 6.45) is 1.19. The van der Waals surface area contributed by atoms with Crippen molar-refractivity contribution in [2.24, 2.45) is 0 Å². The topological polar surface area (TPSA) is 32.8 Å². The van der Waals surface area contributed by atoms with E-state index in [1.54, 1.807) is 6.92 Å². The summed E-state index contributed by atoms with van der Waals surface area (Å²) in [5.41, 5.74) is 1.25. The number of nitrogens with zero attached hydrogens (tertiary/aromatic N) is 2. The molecule has 2 atom stereocenters. The normalized spacial score (nSPS) is 26.5. The van der Waals surface area contributed by atoms with Crippen LogP contribution in [0.1, 0.15) is 18.9 Å². The van der Waals surface area contributed by atoms with Crippen molar-refractivity contribution in [1.82, 2.24) is 9.80 Å². The highest BCUT2D eigenvalue weighted by atomic mass is 35.5. The van der Waals surface area contributed by atoms with Crippen molar-refractivity contribution < 1.29 is 9.53 Å². The van der Waals surface area contributed by atoms with Gasteiger partial charge in [0.2, 0.25) is 5.91 Å². The van der Waals surface area contributed by atoms with Crippen LogP contribution in [-0.2, 0) is 16.1 Å². The molecule has 0 unspecified atom stereocenters. The van der Waals surface area contributed by atoms with Crippen molar-refractivity contribution in [2.45, 2.75) is 32.0 Å². The van der Waals surface area contributed by atoms with Crippen LogP contribution in [0.4, 0.5) is 0 Å². The molecule has 2 aliphatic heterocycles. The summed E-state index contributed by atoms with van der Waals surface area (Å²) in [7, 11) is 0. The maximum Gasteiger partial charge on any atom is 0.219 e. The highest BCUT2D eigenvalue weighted by molar-refractivity contribution is 6.30. The van der Waals surface area contributed by atoms with Crippen LogP contribution in [-0.4, -0.2) is 54.1 Å². The fourth-order valence-electron chi connectivity index (χ4n) is 3.32. The Morgan fingerprint density at radius 2 is 2.10 bits per heavy atom. The lowest BCUT2D eigenvalue weighted by molar-refractivity contribution is -0.150. The van der Waals surface area contributed by atoms with Crippen molar-refractivity contribution in [3.05, 3.63) is 34.9 Å². The lowest BCUT2D eigenvalue weighted by Crippen LogP contribution is -2.60. The molecule has 1 amide bonds. The van der Waals surface area contributed by atoms with E-state index in [1.807, 2.05) is 17.0 Å². The summed E-state index contributed by atoms with van der Waals surface area (Å²) in [5.74, 6) is 0.154. The number of rotatable bonds is 2. The van der Waals surface area contributed by atoms with E-state index in [9.17, 15) is 4.79 Å². The molecule has 1 aromatic rings. The van der Waals surface area contributed by atoms with Crippen molar-refractivity contribution in [2.75, 3.05) is 26.2 Å². The Morgan fingerprint density at radius 3 is 2.81 bits per heavy atom. The molecule has 3 rings (SSSR count). The third-order valence-corrected chi connectivity index (χ3v) is 4.64.